The van der Waals surface area contributed by atoms with Crippen LogP contribution in [0.4, 0.5) is 4.79 Å². The molecule has 7 heteroatoms. The van der Waals surface area contributed by atoms with E-state index in [0.717, 1.165) is 0 Å². The third-order valence-corrected chi connectivity index (χ3v) is 0.993. The maximum Gasteiger partial charge on any atom is 0.326 e. The largest absolute Gasteiger partial charge is 0.481 e. The van der Waals surface area contributed by atoms with Gasteiger partial charge < -0.3 is 21.3 Å². The highest BCUT2D eigenvalue weighted by atomic mass is 16.4. The molecule has 0 aliphatic carbocycles. The van der Waals surface area contributed by atoms with Gasteiger partial charge in [0.2, 0.25) is 0 Å². The number of aliphatic carboxylic acids is 2. The van der Waals surface area contributed by atoms with Crippen molar-refractivity contribution in [2.75, 3.05) is 0 Å². The van der Waals surface area contributed by atoms with Crippen molar-refractivity contribution in [3.8, 4) is 0 Å². The van der Waals surface area contributed by atoms with Crippen LogP contribution in [0.2, 0.25) is 0 Å². The molecule has 7 nitrogen and oxygen atoms in total. The van der Waals surface area contributed by atoms with E-state index in [-0.39, 0.29) is 0 Å². The lowest BCUT2D eigenvalue weighted by molar-refractivity contribution is -0.145. The van der Waals surface area contributed by atoms with Gasteiger partial charge in [-0.15, -0.1) is 0 Å². The number of hydrogen-bond donors (Lipinski definition) is 4. The number of nitrogens with one attached hydrogen (secondary N) is 1. The lowest BCUT2D eigenvalue weighted by Gasteiger charge is -2.08. The Morgan fingerprint density at radius 2 is 1.83 bits per heavy atom. The fourth-order valence-corrected chi connectivity index (χ4v) is 0.546. The van der Waals surface area contributed by atoms with E-state index in [9.17, 15) is 14.4 Å². The van der Waals surface area contributed by atoms with Crippen molar-refractivity contribution in [3.63, 3.8) is 0 Å². The summed E-state index contributed by atoms with van der Waals surface area (Å²) in [6.45, 7) is 0. The molecule has 0 aromatic rings. The first-order valence-corrected chi connectivity index (χ1v) is 2.94. The van der Waals surface area contributed by atoms with E-state index < -0.39 is 30.4 Å². The zero-order chi connectivity index (χ0) is 9.72. The van der Waals surface area contributed by atoms with Crippen molar-refractivity contribution in [2.24, 2.45) is 5.73 Å². The Morgan fingerprint density at radius 1 is 1.33 bits per heavy atom. The van der Waals surface area contributed by atoms with E-state index in [1.54, 1.807) is 5.32 Å². The Morgan fingerprint density at radius 3 is 2.08 bits per heavy atom. The quantitative estimate of drug-likeness (QED) is 0.417. The van der Waals surface area contributed by atoms with Gasteiger partial charge in [-0.1, -0.05) is 0 Å². The Labute approximate surface area is 67.2 Å². The predicted octanol–water partition coefficient (Wildman–Crippen LogP) is -1.42. The molecule has 0 aliphatic heterocycles. The van der Waals surface area contributed by atoms with Crippen LogP contribution in [-0.2, 0) is 9.59 Å². The summed E-state index contributed by atoms with van der Waals surface area (Å²) in [7, 11) is 0. The summed E-state index contributed by atoms with van der Waals surface area (Å²) in [4.78, 5) is 30.4. The highest BCUT2D eigenvalue weighted by Crippen LogP contribution is 1.91. The topological polar surface area (TPSA) is 130 Å². The van der Waals surface area contributed by atoms with Gasteiger partial charge in [0, 0.05) is 0 Å². The van der Waals surface area contributed by atoms with E-state index in [4.69, 9.17) is 10.2 Å². The monoisotopic (exact) mass is 176 g/mol. The molecule has 1 atom stereocenters. The highest BCUT2D eigenvalue weighted by molar-refractivity contribution is 5.85. The minimum atomic E-state index is -1.47. The van der Waals surface area contributed by atoms with Crippen LogP contribution >= 0.6 is 0 Å². The lowest BCUT2D eigenvalue weighted by atomic mass is 10.2. The molecule has 2 amide bonds. The summed E-state index contributed by atoms with van der Waals surface area (Å²) < 4.78 is 0. The van der Waals surface area contributed by atoms with Crippen LogP contribution in [-0.4, -0.2) is 34.2 Å². The normalized spacial score (nSPS) is 11.7. The SMILES string of the molecule is NC(=O)N[C@H](CC(=O)O)C(=O)O. The molecule has 0 unspecified atom stereocenters. The van der Waals surface area contributed by atoms with Crippen molar-refractivity contribution < 1.29 is 24.6 Å². The van der Waals surface area contributed by atoms with Gasteiger partial charge in [-0.3, -0.25) is 4.79 Å². The number of nitrogens with two attached hydrogens (primary N) is 1. The molecule has 0 bridgehead atoms. The molecule has 0 saturated heterocycles. The number of carbonyl (C=O) groups is 3. The van der Waals surface area contributed by atoms with Crippen molar-refractivity contribution in [1.82, 2.24) is 5.32 Å². The molecular weight excluding hydrogens is 168 g/mol. The van der Waals surface area contributed by atoms with Gasteiger partial charge in [-0.25, -0.2) is 9.59 Å². The molecule has 5 N–H and O–H groups in total. The second-order valence-electron chi connectivity index (χ2n) is 2.00. The molecule has 12 heavy (non-hydrogen) atoms. The summed E-state index contributed by atoms with van der Waals surface area (Å²) in [5.74, 6) is -2.76. The van der Waals surface area contributed by atoms with E-state index in [1.165, 1.54) is 0 Å². The van der Waals surface area contributed by atoms with Crippen LogP contribution in [0, 0.1) is 0 Å². The van der Waals surface area contributed by atoms with Crippen molar-refractivity contribution in [1.29, 1.82) is 0 Å². The zero-order valence-corrected chi connectivity index (χ0v) is 5.98. The number of carbonyl (C=O) groups excluding carboxylic acids is 1. The minimum absolute atomic E-state index is 0.696. The Kier molecular flexibility index (Phi) is 3.54. The molecule has 0 aromatic heterocycles. The summed E-state index contributed by atoms with van der Waals surface area (Å²) >= 11 is 0. The fourth-order valence-electron chi connectivity index (χ4n) is 0.546. The van der Waals surface area contributed by atoms with E-state index in [2.05, 4.69) is 5.73 Å². The van der Waals surface area contributed by atoms with Crippen LogP contribution in [0.1, 0.15) is 6.42 Å². The second-order valence-corrected chi connectivity index (χ2v) is 2.00. The molecule has 0 saturated carbocycles. The lowest BCUT2D eigenvalue weighted by Crippen LogP contribution is -2.44. The number of rotatable bonds is 4. The summed E-state index contributed by atoms with van der Waals surface area (Å²) in [5, 5.41) is 18.3. The van der Waals surface area contributed by atoms with E-state index in [0.29, 0.717) is 0 Å². The molecular formula is C5H8N2O5. The Balaban J connectivity index is 4.14. The molecule has 0 radical (unpaired) electrons. The van der Waals surface area contributed by atoms with Crippen LogP contribution in [0.5, 0.6) is 0 Å². The van der Waals surface area contributed by atoms with Crippen molar-refractivity contribution >= 4 is 18.0 Å². The maximum absolute atomic E-state index is 10.2. The van der Waals surface area contributed by atoms with Crippen LogP contribution < -0.4 is 11.1 Å². The maximum atomic E-state index is 10.2. The summed E-state index contributed by atoms with van der Waals surface area (Å²) in [6, 6.07) is -2.54. The van der Waals surface area contributed by atoms with Crippen LogP contribution in [0.15, 0.2) is 0 Å². The van der Waals surface area contributed by atoms with Crippen molar-refractivity contribution in [2.45, 2.75) is 12.5 Å². The smallest absolute Gasteiger partial charge is 0.326 e. The Bertz CT molecular complexity index is 198. The summed E-state index contributed by atoms with van der Waals surface area (Å²) in [6.07, 6.45) is -0.696. The highest BCUT2D eigenvalue weighted by Gasteiger charge is 2.21. The predicted molar refractivity (Wildman–Crippen MR) is 36.4 cm³/mol. The molecule has 0 rings (SSSR count). The molecule has 68 valence electrons. The zero-order valence-electron chi connectivity index (χ0n) is 5.98. The number of urea groups is 1. The van der Waals surface area contributed by atoms with Crippen LogP contribution in [0.3, 0.4) is 0 Å². The third kappa shape index (κ3) is 4.09. The fraction of sp³-hybridized carbons (Fsp3) is 0.400. The molecule has 0 spiro atoms. The number of primary amides is 1. The standard InChI is InChI=1S/C5H8N2O5/c6-5(12)7-2(4(10)11)1-3(8)9/h2H,1H2,(H,8,9)(H,10,11)(H3,6,7,12)/t2-/m1/s1. The Hall–Kier alpha value is -1.79. The number of carboxylic acid groups (broad SMARTS) is 2. The average molecular weight is 176 g/mol. The van der Waals surface area contributed by atoms with Gasteiger partial charge in [0.1, 0.15) is 6.04 Å². The first-order valence-electron chi connectivity index (χ1n) is 2.94. The van der Waals surface area contributed by atoms with E-state index >= 15 is 0 Å². The number of amides is 2. The molecule has 0 aliphatic rings. The first-order chi connectivity index (χ1) is 5.43. The minimum Gasteiger partial charge on any atom is -0.481 e. The van der Waals surface area contributed by atoms with Crippen LogP contribution in [0.25, 0.3) is 0 Å². The van der Waals surface area contributed by atoms with Gasteiger partial charge in [0.25, 0.3) is 0 Å². The second kappa shape index (κ2) is 4.16. The molecule has 0 aromatic carbocycles. The molecule has 0 fully saturated rings. The van der Waals surface area contributed by atoms with Crippen molar-refractivity contribution in [3.05, 3.63) is 0 Å². The summed E-state index contributed by atoms with van der Waals surface area (Å²) in [5.41, 5.74) is 4.60. The van der Waals surface area contributed by atoms with Gasteiger partial charge in [-0.05, 0) is 0 Å². The van der Waals surface area contributed by atoms with Gasteiger partial charge in [-0.2, -0.15) is 0 Å². The third-order valence-electron chi connectivity index (χ3n) is 0.993. The van der Waals surface area contributed by atoms with Gasteiger partial charge in [0.15, 0.2) is 0 Å². The first kappa shape index (κ1) is 10.2. The van der Waals surface area contributed by atoms with E-state index in [1.807, 2.05) is 0 Å². The molecule has 0 heterocycles. The number of carboxylic acids is 2. The average Bonchev–Trinajstić information content (AvgIpc) is 1.83. The number of hydrogen-bond acceptors (Lipinski definition) is 3. The van der Waals surface area contributed by atoms with Gasteiger partial charge in [0.05, 0.1) is 6.42 Å². The van der Waals surface area contributed by atoms with Gasteiger partial charge >= 0.3 is 18.0 Å².